The number of ether oxygens (including phenoxy) is 1. The number of benzene rings is 2. The number of nitrogens with one attached hydrogen (secondary N) is 1. The smallest absolute Gasteiger partial charge is 0.435 e. The summed E-state index contributed by atoms with van der Waals surface area (Å²) in [6, 6.07) is 12.6. The van der Waals surface area contributed by atoms with E-state index >= 15 is 0 Å². The largest absolute Gasteiger partial charge is 0.495 e. The second kappa shape index (κ2) is 8.25. The van der Waals surface area contributed by atoms with Crippen molar-refractivity contribution < 1.29 is 27.1 Å². The monoisotopic (exact) mass is 487 g/mol. The van der Waals surface area contributed by atoms with Gasteiger partial charge >= 0.3 is 6.18 Å². The van der Waals surface area contributed by atoms with Crippen molar-refractivity contribution in [3.63, 3.8) is 0 Å². The highest BCUT2D eigenvalue weighted by molar-refractivity contribution is 6.31. The summed E-state index contributed by atoms with van der Waals surface area (Å²) in [7, 11) is 1.47. The predicted octanol–water partition coefficient (Wildman–Crippen LogP) is 6.16. The van der Waals surface area contributed by atoms with Crippen molar-refractivity contribution in [2.24, 2.45) is 0 Å². The zero-order chi connectivity index (χ0) is 24.0. The molecule has 5 rings (SSSR count). The molecular formula is C24H17ClF3N3O3. The van der Waals surface area contributed by atoms with E-state index in [9.17, 15) is 18.0 Å². The van der Waals surface area contributed by atoms with Gasteiger partial charge in [-0.1, -0.05) is 11.6 Å². The Hall–Kier alpha value is -3.72. The first-order chi connectivity index (χ1) is 16.3. The van der Waals surface area contributed by atoms with Crippen LogP contribution < -0.4 is 10.1 Å². The van der Waals surface area contributed by atoms with Crippen LogP contribution in [0.2, 0.25) is 5.02 Å². The molecular weight excluding hydrogens is 471 g/mol. The van der Waals surface area contributed by atoms with Gasteiger partial charge in [-0.3, -0.25) is 4.79 Å². The van der Waals surface area contributed by atoms with E-state index < -0.39 is 17.8 Å². The van der Waals surface area contributed by atoms with Crippen molar-refractivity contribution in [2.75, 3.05) is 12.4 Å². The Labute approximate surface area is 196 Å². The lowest BCUT2D eigenvalue weighted by molar-refractivity contribution is -0.142. The highest BCUT2D eigenvalue weighted by atomic mass is 35.5. The third-order valence-corrected chi connectivity index (χ3v) is 5.87. The Morgan fingerprint density at radius 2 is 1.91 bits per heavy atom. The summed E-state index contributed by atoms with van der Waals surface area (Å²) in [6.07, 6.45) is -2.59. The SMILES string of the molecule is COc1ccc(Cl)cc1NC(=O)c1ccc(-n2nc(C(F)(F)F)c3c2-c2ccoc2CC3)cc1. The molecule has 0 saturated carbocycles. The van der Waals surface area contributed by atoms with Crippen LogP contribution in [0.1, 0.15) is 27.4 Å². The van der Waals surface area contributed by atoms with E-state index in [1.807, 2.05) is 0 Å². The number of furan rings is 1. The molecule has 1 amide bonds. The molecule has 10 heteroatoms. The van der Waals surface area contributed by atoms with Gasteiger partial charge in [0.25, 0.3) is 5.91 Å². The van der Waals surface area contributed by atoms with Gasteiger partial charge in [0.05, 0.1) is 30.4 Å². The number of nitrogens with zero attached hydrogens (tertiary/aromatic N) is 2. The zero-order valence-electron chi connectivity index (χ0n) is 17.7. The minimum atomic E-state index is -4.59. The van der Waals surface area contributed by atoms with E-state index in [0.29, 0.717) is 51.1 Å². The van der Waals surface area contributed by atoms with Crippen LogP contribution in [0.3, 0.4) is 0 Å². The van der Waals surface area contributed by atoms with Crippen LogP contribution in [0.5, 0.6) is 5.75 Å². The molecule has 1 aliphatic rings. The molecule has 2 aromatic heterocycles. The maximum absolute atomic E-state index is 13.7. The zero-order valence-corrected chi connectivity index (χ0v) is 18.5. The average Bonchev–Trinajstić information content (AvgIpc) is 3.43. The molecule has 0 radical (unpaired) electrons. The minimum absolute atomic E-state index is 0.135. The third kappa shape index (κ3) is 3.81. The van der Waals surface area contributed by atoms with Gasteiger partial charge in [-0.15, -0.1) is 0 Å². The van der Waals surface area contributed by atoms with Crippen LogP contribution in [0.15, 0.2) is 59.2 Å². The number of hydrogen-bond donors (Lipinski definition) is 1. The highest BCUT2D eigenvalue weighted by Gasteiger charge is 2.41. The van der Waals surface area contributed by atoms with Crippen LogP contribution in [0, 0.1) is 0 Å². The fourth-order valence-corrected chi connectivity index (χ4v) is 4.26. The molecule has 0 unspecified atom stereocenters. The second-order valence-corrected chi connectivity index (χ2v) is 8.12. The van der Waals surface area contributed by atoms with Crippen LogP contribution in [0.4, 0.5) is 18.9 Å². The average molecular weight is 488 g/mol. The topological polar surface area (TPSA) is 69.3 Å². The number of aromatic nitrogens is 2. The summed E-state index contributed by atoms with van der Waals surface area (Å²) >= 11 is 6.01. The van der Waals surface area contributed by atoms with Gasteiger partial charge in [0.15, 0.2) is 5.69 Å². The standard InChI is InChI=1S/C24H17ClF3N3O3/c1-33-20-8-4-14(25)12-18(20)29-23(32)13-2-5-15(6-3-13)31-21-16-10-11-34-19(16)9-7-17(21)22(30-31)24(26,27)28/h2-6,8,10-12H,7,9H2,1H3,(H,29,32). The van der Waals surface area contributed by atoms with Gasteiger partial charge in [-0.05, 0) is 55.0 Å². The molecule has 0 spiro atoms. The number of amides is 1. The lowest BCUT2D eigenvalue weighted by Gasteiger charge is -2.15. The van der Waals surface area contributed by atoms with Crippen molar-refractivity contribution in [2.45, 2.75) is 19.0 Å². The van der Waals surface area contributed by atoms with E-state index in [1.165, 1.54) is 30.2 Å². The maximum atomic E-state index is 13.7. The molecule has 2 aromatic carbocycles. The number of methoxy groups -OCH3 is 1. The number of carbonyl (C=O) groups excluding carboxylic acids is 1. The van der Waals surface area contributed by atoms with Crippen molar-refractivity contribution in [3.8, 4) is 22.7 Å². The van der Waals surface area contributed by atoms with Gasteiger partial charge in [-0.2, -0.15) is 18.3 Å². The molecule has 2 heterocycles. The maximum Gasteiger partial charge on any atom is 0.435 e. The number of fused-ring (bicyclic) bond motifs is 3. The molecule has 0 saturated heterocycles. The fourth-order valence-electron chi connectivity index (χ4n) is 4.09. The number of alkyl halides is 3. The molecule has 0 aliphatic heterocycles. The molecule has 0 atom stereocenters. The van der Waals surface area contributed by atoms with Gasteiger partial charge < -0.3 is 14.5 Å². The van der Waals surface area contributed by atoms with E-state index in [-0.39, 0.29) is 12.0 Å². The lowest BCUT2D eigenvalue weighted by Crippen LogP contribution is -2.13. The van der Waals surface area contributed by atoms with Crippen molar-refractivity contribution in [1.82, 2.24) is 9.78 Å². The molecule has 174 valence electrons. The minimum Gasteiger partial charge on any atom is -0.495 e. The molecule has 34 heavy (non-hydrogen) atoms. The summed E-state index contributed by atoms with van der Waals surface area (Å²) in [6.45, 7) is 0. The number of rotatable bonds is 4. The normalized spacial score (nSPS) is 12.7. The summed E-state index contributed by atoms with van der Waals surface area (Å²) in [5, 5.41) is 7.06. The number of halogens is 4. The fraction of sp³-hybridized carbons (Fsp3) is 0.167. The molecule has 0 bridgehead atoms. The number of anilines is 1. The van der Waals surface area contributed by atoms with Crippen LogP contribution >= 0.6 is 11.6 Å². The Morgan fingerprint density at radius 1 is 1.15 bits per heavy atom. The summed E-state index contributed by atoms with van der Waals surface area (Å²) in [4.78, 5) is 12.7. The summed E-state index contributed by atoms with van der Waals surface area (Å²) in [5.41, 5.74) is 1.24. The number of aryl methyl sites for hydroxylation is 1. The first kappa shape index (κ1) is 22.1. The molecule has 6 nitrogen and oxygen atoms in total. The third-order valence-electron chi connectivity index (χ3n) is 5.64. The first-order valence-corrected chi connectivity index (χ1v) is 10.6. The number of hydrogen-bond acceptors (Lipinski definition) is 4. The van der Waals surface area contributed by atoms with E-state index in [4.69, 9.17) is 20.8 Å². The van der Waals surface area contributed by atoms with E-state index in [1.54, 1.807) is 36.4 Å². The van der Waals surface area contributed by atoms with E-state index in [2.05, 4.69) is 10.4 Å². The number of carbonyl (C=O) groups is 1. The molecule has 0 fully saturated rings. The Kier molecular flexibility index (Phi) is 5.36. The van der Waals surface area contributed by atoms with Crippen molar-refractivity contribution in [3.05, 3.63) is 82.4 Å². The van der Waals surface area contributed by atoms with E-state index in [0.717, 1.165) is 0 Å². The first-order valence-electron chi connectivity index (χ1n) is 10.3. The van der Waals surface area contributed by atoms with Gasteiger partial charge in [0.1, 0.15) is 11.5 Å². The highest BCUT2D eigenvalue weighted by Crippen LogP contribution is 2.42. The second-order valence-electron chi connectivity index (χ2n) is 7.69. The summed E-state index contributed by atoms with van der Waals surface area (Å²) < 4.78 is 53.0. The molecule has 4 aromatic rings. The molecule has 1 aliphatic carbocycles. The Balaban J connectivity index is 1.50. The van der Waals surface area contributed by atoms with Crippen molar-refractivity contribution in [1.29, 1.82) is 0 Å². The van der Waals surface area contributed by atoms with Crippen LogP contribution in [-0.2, 0) is 19.0 Å². The van der Waals surface area contributed by atoms with Crippen molar-refractivity contribution >= 4 is 23.2 Å². The Bertz CT molecular complexity index is 1390. The van der Waals surface area contributed by atoms with Gasteiger partial charge in [0.2, 0.25) is 0 Å². The van der Waals surface area contributed by atoms with Gasteiger partial charge in [-0.25, -0.2) is 4.68 Å². The van der Waals surface area contributed by atoms with Crippen LogP contribution in [-0.4, -0.2) is 22.8 Å². The quantitative estimate of drug-likeness (QED) is 0.374. The summed E-state index contributed by atoms with van der Waals surface area (Å²) in [5.74, 6) is 0.629. The lowest BCUT2D eigenvalue weighted by atomic mass is 9.94. The van der Waals surface area contributed by atoms with Crippen LogP contribution in [0.25, 0.3) is 16.9 Å². The van der Waals surface area contributed by atoms with Gasteiger partial charge in [0, 0.05) is 28.1 Å². The Morgan fingerprint density at radius 3 is 2.62 bits per heavy atom. The predicted molar refractivity (Wildman–Crippen MR) is 120 cm³/mol. The molecule has 1 N–H and O–H groups in total.